The van der Waals surface area contributed by atoms with E-state index in [9.17, 15) is 5.21 Å². The van der Waals surface area contributed by atoms with Gasteiger partial charge in [-0.15, -0.1) is 0 Å². The molecule has 1 atom stereocenters. The van der Waals surface area contributed by atoms with Crippen LogP contribution in [0.4, 0.5) is 0 Å². The predicted molar refractivity (Wildman–Crippen MR) is 93.0 cm³/mol. The van der Waals surface area contributed by atoms with Gasteiger partial charge in [0.25, 0.3) is 0 Å². The fourth-order valence-corrected chi connectivity index (χ4v) is 3.28. The molecule has 1 aliphatic rings. The highest BCUT2D eigenvalue weighted by molar-refractivity contribution is 7.80. The number of hydroxylamine groups is 2. The van der Waals surface area contributed by atoms with Gasteiger partial charge < -0.3 is 5.32 Å². The third kappa shape index (κ3) is 2.60. The van der Waals surface area contributed by atoms with Crippen LogP contribution in [0.25, 0.3) is 11.1 Å². The third-order valence-corrected chi connectivity index (χ3v) is 4.53. The molecule has 4 heteroatoms. The van der Waals surface area contributed by atoms with Crippen LogP contribution in [0.5, 0.6) is 0 Å². The van der Waals surface area contributed by atoms with Gasteiger partial charge in [-0.25, -0.2) is 5.06 Å². The van der Waals surface area contributed by atoms with Crippen LogP contribution in [0.1, 0.15) is 36.6 Å². The summed E-state index contributed by atoms with van der Waals surface area (Å²) in [6.45, 7) is 4.60. The number of rotatable bonds is 3. The number of thiocarbonyl (C=S) groups is 1. The van der Waals surface area contributed by atoms with Crippen LogP contribution in [0.2, 0.25) is 0 Å². The minimum Gasteiger partial charge on any atom is -0.361 e. The third-order valence-electron chi connectivity index (χ3n) is 4.20. The summed E-state index contributed by atoms with van der Waals surface area (Å²) in [5.41, 5.74) is 6.36. The van der Waals surface area contributed by atoms with Crippen molar-refractivity contribution in [3.05, 3.63) is 59.2 Å². The van der Waals surface area contributed by atoms with Gasteiger partial charge in [-0.1, -0.05) is 42.5 Å². The van der Waals surface area contributed by atoms with Gasteiger partial charge in [0.05, 0.1) is 6.04 Å². The molecule has 22 heavy (non-hydrogen) atoms. The summed E-state index contributed by atoms with van der Waals surface area (Å²) in [6.07, 6.45) is 0.954. The largest absolute Gasteiger partial charge is 0.361 e. The topological polar surface area (TPSA) is 35.5 Å². The van der Waals surface area contributed by atoms with E-state index in [-0.39, 0.29) is 6.04 Å². The molecular formula is C18H20N2OS. The molecule has 1 aliphatic carbocycles. The van der Waals surface area contributed by atoms with Crippen molar-refractivity contribution in [2.45, 2.75) is 26.3 Å². The van der Waals surface area contributed by atoms with Crippen LogP contribution in [0.3, 0.4) is 0 Å². The quantitative estimate of drug-likeness (QED) is 0.568. The van der Waals surface area contributed by atoms with E-state index in [1.54, 1.807) is 0 Å². The average Bonchev–Trinajstić information content (AvgIpc) is 2.91. The summed E-state index contributed by atoms with van der Waals surface area (Å²) in [5.74, 6) is 0. The maximum Gasteiger partial charge on any atom is 0.193 e. The fourth-order valence-electron chi connectivity index (χ4n) is 2.97. The molecule has 0 heterocycles. The summed E-state index contributed by atoms with van der Waals surface area (Å²) >= 11 is 5.17. The maximum atomic E-state index is 10.2. The number of fused-ring (bicyclic) bond motifs is 3. The second-order valence-electron chi connectivity index (χ2n) is 5.61. The molecule has 0 amide bonds. The summed E-state index contributed by atoms with van der Waals surface area (Å²) in [4.78, 5) is 0. The molecule has 0 spiro atoms. The molecule has 0 saturated carbocycles. The number of benzene rings is 2. The van der Waals surface area contributed by atoms with E-state index in [1.807, 2.05) is 13.8 Å². The Balaban J connectivity index is 1.86. The van der Waals surface area contributed by atoms with Gasteiger partial charge in [0.2, 0.25) is 0 Å². The van der Waals surface area contributed by atoms with Gasteiger partial charge in [-0.3, -0.25) is 5.21 Å². The van der Waals surface area contributed by atoms with Gasteiger partial charge in [0.15, 0.2) is 5.11 Å². The molecule has 0 bridgehead atoms. The Hall–Kier alpha value is -1.91. The van der Waals surface area contributed by atoms with Gasteiger partial charge >= 0.3 is 0 Å². The second-order valence-corrected chi connectivity index (χ2v) is 5.99. The smallest absolute Gasteiger partial charge is 0.193 e. The van der Waals surface area contributed by atoms with E-state index < -0.39 is 0 Å². The van der Waals surface area contributed by atoms with E-state index in [2.05, 4.69) is 47.8 Å². The lowest BCUT2D eigenvalue weighted by Crippen LogP contribution is -2.38. The minimum absolute atomic E-state index is 0.180. The molecule has 0 aromatic heterocycles. The highest BCUT2D eigenvalue weighted by Gasteiger charge is 2.21. The Kier molecular flexibility index (Phi) is 4.14. The molecule has 0 fully saturated rings. The standard InChI is InChI=1S/C18H20N2OS/c1-3-19-18(22)20(21)12(2)13-8-9-17-15(10-13)11-14-6-4-5-7-16(14)17/h4-10,12,21H,3,11H2,1-2H3,(H,19,22). The summed E-state index contributed by atoms with van der Waals surface area (Å²) in [7, 11) is 0. The summed E-state index contributed by atoms with van der Waals surface area (Å²) < 4.78 is 0. The van der Waals surface area contributed by atoms with E-state index >= 15 is 0 Å². The maximum absolute atomic E-state index is 10.2. The number of hydrogen-bond donors (Lipinski definition) is 2. The van der Waals surface area contributed by atoms with Crippen LogP contribution < -0.4 is 5.32 Å². The molecule has 3 rings (SSSR count). The first-order chi connectivity index (χ1) is 10.6. The van der Waals surface area contributed by atoms with Gasteiger partial charge in [0, 0.05) is 6.54 Å². The van der Waals surface area contributed by atoms with E-state index in [0.717, 1.165) is 17.0 Å². The lowest BCUT2D eigenvalue weighted by molar-refractivity contribution is -0.0498. The van der Waals surface area contributed by atoms with Crippen molar-refractivity contribution in [2.24, 2.45) is 0 Å². The highest BCUT2D eigenvalue weighted by atomic mass is 32.1. The van der Waals surface area contributed by atoms with E-state index in [0.29, 0.717) is 11.7 Å². The Morgan fingerprint density at radius 1 is 1.23 bits per heavy atom. The number of hydrogen-bond acceptors (Lipinski definition) is 2. The SMILES string of the molecule is CCNC(=S)N(O)C(C)c1ccc2c(c1)Cc1ccccc1-2. The molecule has 3 nitrogen and oxygen atoms in total. The van der Waals surface area contributed by atoms with Gasteiger partial charge in [0.1, 0.15) is 0 Å². The lowest BCUT2D eigenvalue weighted by atomic mass is 10.0. The molecule has 2 N–H and O–H groups in total. The molecule has 0 aliphatic heterocycles. The van der Waals surface area contributed by atoms with Crippen molar-refractivity contribution in [3.8, 4) is 11.1 Å². The minimum atomic E-state index is -0.180. The molecular weight excluding hydrogens is 292 g/mol. The Bertz CT molecular complexity index is 714. The van der Waals surface area contributed by atoms with E-state index in [4.69, 9.17) is 12.2 Å². The van der Waals surface area contributed by atoms with Crippen molar-refractivity contribution in [2.75, 3.05) is 6.54 Å². The molecule has 0 radical (unpaired) electrons. The monoisotopic (exact) mass is 312 g/mol. The van der Waals surface area contributed by atoms with Crippen LogP contribution in [-0.2, 0) is 6.42 Å². The first kappa shape index (κ1) is 15.0. The summed E-state index contributed by atoms with van der Waals surface area (Å²) in [5, 5.41) is 14.7. The van der Waals surface area contributed by atoms with Crippen LogP contribution in [-0.4, -0.2) is 21.9 Å². The second kappa shape index (κ2) is 6.07. The Morgan fingerprint density at radius 2 is 1.95 bits per heavy atom. The zero-order valence-electron chi connectivity index (χ0n) is 12.8. The zero-order valence-corrected chi connectivity index (χ0v) is 13.7. The highest BCUT2D eigenvalue weighted by Crippen LogP contribution is 2.37. The van der Waals surface area contributed by atoms with Crippen LogP contribution in [0, 0.1) is 0 Å². The molecule has 114 valence electrons. The van der Waals surface area contributed by atoms with Gasteiger partial charge in [-0.05, 0) is 60.3 Å². The van der Waals surface area contributed by atoms with Gasteiger partial charge in [-0.2, -0.15) is 0 Å². The molecule has 2 aromatic carbocycles. The zero-order chi connectivity index (χ0) is 15.7. The summed E-state index contributed by atoms with van der Waals surface area (Å²) in [6, 6.07) is 14.7. The van der Waals surface area contributed by atoms with Crippen molar-refractivity contribution in [1.29, 1.82) is 0 Å². The lowest BCUT2D eigenvalue weighted by Gasteiger charge is -2.25. The van der Waals surface area contributed by atoms with Crippen LogP contribution >= 0.6 is 12.2 Å². The molecule has 1 unspecified atom stereocenters. The van der Waals surface area contributed by atoms with Crippen molar-refractivity contribution in [3.63, 3.8) is 0 Å². The predicted octanol–water partition coefficient (Wildman–Crippen LogP) is 3.90. The molecule has 2 aromatic rings. The number of nitrogens with zero attached hydrogens (tertiary/aromatic N) is 1. The first-order valence-corrected chi connectivity index (χ1v) is 7.99. The Morgan fingerprint density at radius 3 is 2.73 bits per heavy atom. The van der Waals surface area contributed by atoms with E-state index in [1.165, 1.54) is 22.3 Å². The molecule has 0 saturated heterocycles. The van der Waals surface area contributed by atoms with Crippen molar-refractivity contribution in [1.82, 2.24) is 10.4 Å². The fraction of sp³-hybridized carbons (Fsp3) is 0.278. The Labute approximate surface area is 136 Å². The first-order valence-electron chi connectivity index (χ1n) is 7.59. The van der Waals surface area contributed by atoms with Crippen molar-refractivity contribution >= 4 is 17.3 Å². The average molecular weight is 312 g/mol. The number of nitrogens with one attached hydrogen (secondary N) is 1. The van der Waals surface area contributed by atoms with Crippen molar-refractivity contribution < 1.29 is 5.21 Å². The van der Waals surface area contributed by atoms with Crippen LogP contribution in [0.15, 0.2) is 42.5 Å². The normalized spacial score (nSPS) is 13.2.